The first-order chi connectivity index (χ1) is 8.76. The summed E-state index contributed by atoms with van der Waals surface area (Å²) in [5.74, 6) is 1.93. The van der Waals surface area contributed by atoms with E-state index in [1.54, 1.807) is 6.08 Å². The van der Waals surface area contributed by atoms with Crippen molar-refractivity contribution in [2.24, 2.45) is 8.73 Å². The van der Waals surface area contributed by atoms with Gasteiger partial charge in [0.2, 0.25) is 0 Å². The van der Waals surface area contributed by atoms with Gasteiger partial charge in [0.1, 0.15) is 0 Å². The molecule has 2 aliphatic rings. The molecule has 1 aromatic rings. The van der Waals surface area contributed by atoms with Gasteiger partial charge in [0.15, 0.2) is 0 Å². The maximum absolute atomic E-state index is 11.7. The number of carbonyl (C=O) groups excluding carboxylic acids is 1. The van der Waals surface area contributed by atoms with E-state index in [0.29, 0.717) is 0 Å². The predicted octanol–water partition coefficient (Wildman–Crippen LogP) is 2.97. The summed E-state index contributed by atoms with van der Waals surface area (Å²) in [6.07, 6.45) is 4.67. The standard InChI is InChI=1S/C14H16N2OS/c17-14-11-13(10-12-6-2-1-3-7-12)15-18(16-14)8-4-5-9-18/h1-3,6-7,11H,4-5,8-10H2. The summed E-state index contributed by atoms with van der Waals surface area (Å²) in [6, 6.07) is 10.2. The third kappa shape index (κ3) is 2.38. The van der Waals surface area contributed by atoms with Gasteiger partial charge >= 0.3 is 0 Å². The van der Waals surface area contributed by atoms with Crippen LogP contribution in [0.25, 0.3) is 0 Å². The van der Waals surface area contributed by atoms with Gasteiger partial charge in [-0.25, -0.2) is 4.36 Å². The number of amides is 1. The minimum absolute atomic E-state index is 0.0761. The Labute approximate surface area is 108 Å². The summed E-state index contributed by atoms with van der Waals surface area (Å²) < 4.78 is 9.12. The Kier molecular flexibility index (Phi) is 3.04. The molecule has 2 heterocycles. The van der Waals surface area contributed by atoms with Crippen molar-refractivity contribution in [3.63, 3.8) is 0 Å². The van der Waals surface area contributed by atoms with Crippen LogP contribution >= 0.6 is 0 Å². The summed E-state index contributed by atoms with van der Waals surface area (Å²) in [4.78, 5) is 11.7. The Morgan fingerprint density at radius 2 is 1.78 bits per heavy atom. The van der Waals surface area contributed by atoms with Crippen LogP contribution in [0.4, 0.5) is 0 Å². The second-order valence-corrected chi connectivity index (χ2v) is 7.52. The van der Waals surface area contributed by atoms with Crippen molar-refractivity contribution in [3.8, 4) is 0 Å². The van der Waals surface area contributed by atoms with Crippen molar-refractivity contribution in [2.45, 2.75) is 19.3 Å². The van der Waals surface area contributed by atoms with E-state index in [-0.39, 0.29) is 5.91 Å². The van der Waals surface area contributed by atoms with Crippen molar-refractivity contribution in [3.05, 3.63) is 47.7 Å². The molecule has 0 aliphatic carbocycles. The van der Waals surface area contributed by atoms with E-state index in [0.717, 1.165) is 36.5 Å². The van der Waals surface area contributed by atoms with Gasteiger partial charge in [-0.1, -0.05) is 30.3 Å². The van der Waals surface area contributed by atoms with E-state index >= 15 is 0 Å². The molecule has 0 saturated carbocycles. The van der Waals surface area contributed by atoms with Gasteiger partial charge in [-0.15, -0.1) is 0 Å². The zero-order valence-corrected chi connectivity index (χ0v) is 11.0. The van der Waals surface area contributed by atoms with Gasteiger partial charge in [0, 0.05) is 24.0 Å². The largest absolute Gasteiger partial charge is 0.278 e. The van der Waals surface area contributed by atoms with Gasteiger partial charge in [-0.2, -0.15) is 4.36 Å². The highest BCUT2D eigenvalue weighted by molar-refractivity contribution is 7.96. The molecular weight excluding hydrogens is 244 g/mol. The Hall–Kier alpha value is -1.42. The Bertz CT molecular complexity index is 610. The van der Waals surface area contributed by atoms with Crippen LogP contribution < -0.4 is 0 Å². The van der Waals surface area contributed by atoms with Crippen molar-refractivity contribution in [2.75, 3.05) is 11.5 Å². The quantitative estimate of drug-likeness (QED) is 0.806. The molecule has 0 bridgehead atoms. The summed E-state index contributed by atoms with van der Waals surface area (Å²) in [6.45, 7) is 0. The molecule has 0 unspecified atom stereocenters. The molecule has 2 aliphatic heterocycles. The van der Waals surface area contributed by atoms with Crippen molar-refractivity contribution < 1.29 is 4.79 Å². The van der Waals surface area contributed by atoms with Crippen molar-refractivity contribution in [1.29, 1.82) is 0 Å². The Morgan fingerprint density at radius 3 is 2.50 bits per heavy atom. The second kappa shape index (κ2) is 4.69. The first-order valence-electron chi connectivity index (χ1n) is 6.29. The summed E-state index contributed by atoms with van der Waals surface area (Å²) in [5, 5.41) is 0. The van der Waals surface area contributed by atoms with E-state index in [9.17, 15) is 4.79 Å². The van der Waals surface area contributed by atoms with Crippen LogP contribution in [0.3, 0.4) is 0 Å². The van der Waals surface area contributed by atoms with E-state index in [1.807, 2.05) is 18.2 Å². The molecule has 0 N–H and O–H groups in total. The van der Waals surface area contributed by atoms with E-state index in [1.165, 1.54) is 5.56 Å². The number of nitrogens with zero attached hydrogens (tertiary/aromatic N) is 2. The van der Waals surface area contributed by atoms with Gasteiger partial charge in [0.05, 0.1) is 5.70 Å². The lowest BCUT2D eigenvalue weighted by Crippen LogP contribution is -2.10. The van der Waals surface area contributed by atoms with Gasteiger partial charge < -0.3 is 0 Å². The number of rotatable bonds is 2. The van der Waals surface area contributed by atoms with Crippen LogP contribution in [0.1, 0.15) is 18.4 Å². The molecule has 0 radical (unpaired) electrons. The molecule has 0 atom stereocenters. The van der Waals surface area contributed by atoms with Crippen LogP contribution in [0, 0.1) is 0 Å². The molecule has 94 valence electrons. The summed E-state index contributed by atoms with van der Waals surface area (Å²) in [7, 11) is -1.35. The topological polar surface area (TPSA) is 41.8 Å². The Balaban J connectivity index is 1.92. The minimum Gasteiger partial charge on any atom is -0.267 e. The molecule has 4 heteroatoms. The van der Waals surface area contributed by atoms with Crippen molar-refractivity contribution in [1.82, 2.24) is 0 Å². The predicted molar refractivity (Wildman–Crippen MR) is 74.4 cm³/mol. The van der Waals surface area contributed by atoms with Crippen LogP contribution in [0.5, 0.6) is 0 Å². The number of benzene rings is 1. The molecule has 1 fully saturated rings. The molecular formula is C14H16N2OS. The number of hydrogen-bond acceptors (Lipinski definition) is 2. The zero-order chi connectivity index (χ0) is 12.4. The third-order valence-electron chi connectivity index (χ3n) is 3.26. The normalized spacial score (nSPS) is 21.3. The smallest absolute Gasteiger partial charge is 0.267 e. The average molecular weight is 260 g/mol. The first kappa shape index (κ1) is 11.7. The van der Waals surface area contributed by atoms with Crippen LogP contribution in [-0.2, 0) is 20.8 Å². The van der Waals surface area contributed by atoms with Crippen molar-refractivity contribution >= 4 is 15.5 Å². The Morgan fingerprint density at radius 1 is 1.06 bits per heavy atom. The molecule has 0 aromatic heterocycles. The lowest BCUT2D eigenvalue weighted by atomic mass is 10.1. The number of allylic oxidation sites excluding steroid dienone is 1. The van der Waals surface area contributed by atoms with Gasteiger partial charge in [-0.3, -0.25) is 4.79 Å². The lowest BCUT2D eigenvalue weighted by molar-refractivity contribution is -0.113. The van der Waals surface area contributed by atoms with E-state index in [2.05, 4.69) is 16.5 Å². The number of hydrogen-bond donors (Lipinski definition) is 0. The van der Waals surface area contributed by atoms with E-state index in [4.69, 9.17) is 4.36 Å². The summed E-state index contributed by atoms with van der Waals surface area (Å²) >= 11 is 0. The maximum atomic E-state index is 11.7. The second-order valence-electron chi connectivity index (χ2n) is 4.74. The molecule has 3 nitrogen and oxygen atoms in total. The fourth-order valence-electron chi connectivity index (χ4n) is 2.44. The molecule has 1 amide bonds. The number of carbonyl (C=O) groups is 1. The summed E-state index contributed by atoms with van der Waals surface area (Å²) in [5.41, 5.74) is 2.12. The van der Waals surface area contributed by atoms with Crippen LogP contribution in [0.2, 0.25) is 0 Å². The third-order valence-corrected chi connectivity index (χ3v) is 6.24. The molecule has 1 spiro atoms. The van der Waals surface area contributed by atoms with E-state index < -0.39 is 9.62 Å². The zero-order valence-electron chi connectivity index (χ0n) is 10.2. The maximum Gasteiger partial charge on any atom is 0.278 e. The van der Waals surface area contributed by atoms with Gasteiger partial charge in [0.25, 0.3) is 5.91 Å². The van der Waals surface area contributed by atoms with Crippen LogP contribution in [0.15, 0.2) is 50.8 Å². The SMILES string of the molecule is O=C1C=C(Cc2ccccc2)N=S2(=N1)CCCC2. The average Bonchev–Trinajstić information content (AvgIpc) is 2.77. The molecule has 3 rings (SSSR count). The minimum atomic E-state index is -1.35. The highest BCUT2D eigenvalue weighted by Gasteiger charge is 2.20. The fraction of sp³-hybridized carbons (Fsp3) is 0.357. The highest BCUT2D eigenvalue weighted by Crippen LogP contribution is 2.24. The van der Waals surface area contributed by atoms with Crippen LogP contribution in [-0.4, -0.2) is 17.4 Å². The fourth-order valence-corrected chi connectivity index (χ4v) is 5.33. The molecule has 18 heavy (non-hydrogen) atoms. The van der Waals surface area contributed by atoms with Gasteiger partial charge in [-0.05, 0) is 28.0 Å². The monoisotopic (exact) mass is 260 g/mol. The molecule has 1 aromatic carbocycles. The highest BCUT2D eigenvalue weighted by atomic mass is 32.2. The first-order valence-corrected chi connectivity index (χ1v) is 8.17. The lowest BCUT2D eigenvalue weighted by Gasteiger charge is -2.13. The molecule has 1 saturated heterocycles.